The van der Waals surface area contributed by atoms with Crippen LogP contribution in [0.5, 0.6) is 0 Å². The third-order valence-electron chi connectivity index (χ3n) is 2.19. The van der Waals surface area contributed by atoms with Crippen LogP contribution in [0.1, 0.15) is 12.5 Å². The van der Waals surface area contributed by atoms with Gasteiger partial charge < -0.3 is 10.1 Å². The monoisotopic (exact) mass is 287 g/mol. The first kappa shape index (κ1) is 15.3. The third kappa shape index (κ3) is 5.58. The van der Waals surface area contributed by atoms with Crippen LogP contribution in [0, 0.1) is 0 Å². The van der Waals surface area contributed by atoms with E-state index >= 15 is 0 Å². The Morgan fingerprint density at radius 1 is 1.26 bits per heavy atom. The average molecular weight is 287 g/mol. The molecule has 106 valence electrons. The van der Waals surface area contributed by atoms with Crippen LogP contribution in [0.4, 0.5) is 10.5 Å². The van der Waals surface area contributed by atoms with Crippen LogP contribution in [0.15, 0.2) is 24.3 Å². The van der Waals surface area contributed by atoms with Gasteiger partial charge in [0.05, 0.1) is 12.8 Å². The molecule has 1 rings (SSSR count). The minimum atomic E-state index is -3.97. The van der Waals surface area contributed by atoms with Gasteiger partial charge in [0.25, 0.3) is 0 Å². The fraction of sp³-hybridized carbons (Fsp3) is 0.364. The molecule has 0 aliphatic carbocycles. The molecule has 0 heterocycles. The zero-order valence-corrected chi connectivity index (χ0v) is 11.6. The summed E-state index contributed by atoms with van der Waals surface area (Å²) in [6, 6.07) is 6.81. The molecule has 0 aliphatic rings. The van der Waals surface area contributed by atoms with E-state index < -0.39 is 16.3 Å². The smallest absolute Gasteiger partial charge is 0.422 e. The van der Waals surface area contributed by atoms with E-state index in [1.54, 1.807) is 29.0 Å². The van der Waals surface area contributed by atoms with Gasteiger partial charge >= 0.3 is 16.3 Å². The molecule has 0 radical (unpaired) electrons. The fourth-order valence-electron chi connectivity index (χ4n) is 1.29. The zero-order chi connectivity index (χ0) is 14.3. The maximum absolute atomic E-state index is 11.5. The van der Waals surface area contributed by atoms with Crippen LogP contribution < -0.4 is 14.8 Å². The number of hydrogen-bond donors (Lipinski definition) is 3. The van der Waals surface area contributed by atoms with Gasteiger partial charge in [-0.2, -0.15) is 8.42 Å². The van der Waals surface area contributed by atoms with Gasteiger partial charge in [0, 0.05) is 6.54 Å². The van der Waals surface area contributed by atoms with Crippen molar-refractivity contribution in [3.63, 3.8) is 0 Å². The van der Waals surface area contributed by atoms with Crippen molar-refractivity contribution in [1.82, 2.24) is 10.0 Å². The quantitative estimate of drug-likeness (QED) is 0.719. The Hall–Kier alpha value is -1.80. The van der Waals surface area contributed by atoms with Crippen molar-refractivity contribution in [2.24, 2.45) is 0 Å². The molecule has 0 aromatic heterocycles. The van der Waals surface area contributed by atoms with Gasteiger partial charge in [0.2, 0.25) is 0 Å². The van der Waals surface area contributed by atoms with E-state index in [1.165, 1.54) is 0 Å². The molecule has 0 saturated heterocycles. The lowest BCUT2D eigenvalue weighted by molar-refractivity contribution is 0.177. The van der Waals surface area contributed by atoms with Crippen molar-refractivity contribution in [3.05, 3.63) is 29.8 Å². The maximum Gasteiger partial charge on any atom is 0.422 e. The maximum atomic E-state index is 11.5. The molecule has 19 heavy (non-hydrogen) atoms. The number of amides is 1. The normalized spacial score (nSPS) is 10.8. The van der Waals surface area contributed by atoms with Gasteiger partial charge in [-0.25, -0.2) is 9.52 Å². The lowest BCUT2D eigenvalue weighted by Crippen LogP contribution is -2.35. The Bertz CT molecular complexity index is 513. The molecule has 8 heteroatoms. The highest BCUT2D eigenvalue weighted by atomic mass is 32.2. The first-order valence-electron chi connectivity index (χ1n) is 5.65. The molecular formula is C11H17N3O4S. The Kier molecular flexibility index (Phi) is 5.58. The molecule has 0 spiro atoms. The minimum Gasteiger partial charge on any atom is -0.452 e. The molecule has 0 unspecified atom stereocenters. The number of rotatable bonds is 6. The van der Waals surface area contributed by atoms with Gasteiger partial charge in [0.15, 0.2) is 0 Å². The van der Waals surface area contributed by atoms with Crippen molar-refractivity contribution < 1.29 is 17.9 Å². The van der Waals surface area contributed by atoms with E-state index in [0.29, 0.717) is 12.2 Å². The molecule has 0 bridgehead atoms. The van der Waals surface area contributed by atoms with Crippen LogP contribution >= 0.6 is 0 Å². The van der Waals surface area contributed by atoms with Crippen LogP contribution in [0.2, 0.25) is 0 Å². The highest BCUT2D eigenvalue weighted by Crippen LogP contribution is 2.10. The summed E-state index contributed by atoms with van der Waals surface area (Å²) in [4.78, 5) is 10.8. The van der Waals surface area contributed by atoms with Gasteiger partial charge in [-0.05, 0) is 24.2 Å². The van der Waals surface area contributed by atoms with Crippen molar-refractivity contribution >= 4 is 22.0 Å². The molecule has 0 fully saturated rings. The molecule has 7 nitrogen and oxygen atoms in total. The second kappa shape index (κ2) is 6.95. The third-order valence-corrected chi connectivity index (χ3v) is 3.13. The van der Waals surface area contributed by atoms with E-state index in [1.807, 2.05) is 6.92 Å². The average Bonchev–Trinajstić information content (AvgIpc) is 2.37. The Labute approximate surface area is 112 Å². The summed E-state index contributed by atoms with van der Waals surface area (Å²) in [7, 11) is -2.88. The summed E-state index contributed by atoms with van der Waals surface area (Å²) in [5, 5.41) is 3.15. The number of nitrogens with one attached hydrogen (secondary N) is 3. The fourth-order valence-corrected chi connectivity index (χ4v) is 2.09. The summed E-state index contributed by atoms with van der Waals surface area (Å²) in [6.45, 7) is 3.57. The highest BCUT2D eigenvalue weighted by molar-refractivity contribution is 7.91. The number of anilines is 1. The molecule has 0 saturated carbocycles. The van der Waals surface area contributed by atoms with E-state index in [2.05, 4.69) is 14.8 Å². The van der Waals surface area contributed by atoms with Gasteiger partial charge in [-0.15, -0.1) is 0 Å². The standard InChI is InChI=1S/C11H17N3O4S/c1-3-12-8-9-4-6-10(7-5-9)13-19(16,17)14-11(15)18-2/h4-7,12-13H,3,8H2,1-2H3,(H,14,15). The molecular weight excluding hydrogens is 270 g/mol. The van der Waals surface area contributed by atoms with Crippen LogP contribution in [-0.4, -0.2) is 28.2 Å². The van der Waals surface area contributed by atoms with Gasteiger partial charge in [-0.1, -0.05) is 19.1 Å². The van der Waals surface area contributed by atoms with Crippen LogP contribution in [0.3, 0.4) is 0 Å². The van der Waals surface area contributed by atoms with Crippen LogP contribution in [0.25, 0.3) is 0 Å². The summed E-state index contributed by atoms with van der Waals surface area (Å²) in [6.07, 6.45) is -1.05. The lowest BCUT2D eigenvalue weighted by Gasteiger charge is -2.09. The molecule has 3 N–H and O–H groups in total. The summed E-state index contributed by atoms with van der Waals surface area (Å²) >= 11 is 0. The first-order chi connectivity index (χ1) is 8.96. The van der Waals surface area contributed by atoms with Crippen molar-refractivity contribution in [2.75, 3.05) is 18.4 Å². The van der Waals surface area contributed by atoms with E-state index in [4.69, 9.17) is 0 Å². The predicted molar refractivity (Wildman–Crippen MR) is 71.9 cm³/mol. The van der Waals surface area contributed by atoms with Gasteiger partial charge in [-0.3, -0.25) is 4.72 Å². The molecule has 1 amide bonds. The molecule has 1 aromatic rings. The Morgan fingerprint density at radius 2 is 1.89 bits per heavy atom. The second-order valence-electron chi connectivity index (χ2n) is 3.68. The lowest BCUT2D eigenvalue weighted by atomic mass is 10.2. The van der Waals surface area contributed by atoms with Crippen molar-refractivity contribution in [1.29, 1.82) is 0 Å². The SMILES string of the molecule is CCNCc1ccc(NS(=O)(=O)NC(=O)OC)cc1. The molecule has 0 atom stereocenters. The summed E-state index contributed by atoms with van der Waals surface area (Å²) < 4.78 is 31.1. The number of ether oxygens (including phenoxy) is 1. The Balaban J connectivity index is 2.64. The Morgan fingerprint density at radius 3 is 2.42 bits per heavy atom. The van der Waals surface area contributed by atoms with Crippen molar-refractivity contribution in [2.45, 2.75) is 13.5 Å². The number of carbonyl (C=O) groups excluding carboxylic acids is 1. The number of hydrogen-bond acceptors (Lipinski definition) is 5. The molecule has 0 aliphatic heterocycles. The topological polar surface area (TPSA) is 96.5 Å². The number of benzene rings is 1. The minimum absolute atomic E-state index is 0.358. The van der Waals surface area contributed by atoms with Gasteiger partial charge in [0.1, 0.15) is 0 Å². The largest absolute Gasteiger partial charge is 0.452 e. The zero-order valence-electron chi connectivity index (χ0n) is 10.8. The predicted octanol–water partition coefficient (Wildman–Crippen LogP) is 0.809. The van der Waals surface area contributed by atoms with E-state index in [0.717, 1.165) is 19.2 Å². The second-order valence-corrected chi connectivity index (χ2v) is 5.09. The highest BCUT2D eigenvalue weighted by Gasteiger charge is 2.14. The van der Waals surface area contributed by atoms with E-state index in [9.17, 15) is 13.2 Å². The summed E-state index contributed by atoms with van der Waals surface area (Å²) in [5.74, 6) is 0. The molecule has 1 aromatic carbocycles. The van der Waals surface area contributed by atoms with Crippen LogP contribution in [-0.2, 0) is 21.5 Å². The summed E-state index contributed by atoms with van der Waals surface area (Å²) in [5.41, 5.74) is 1.39. The number of methoxy groups -OCH3 is 1. The number of carbonyl (C=O) groups is 1. The van der Waals surface area contributed by atoms with Crippen molar-refractivity contribution in [3.8, 4) is 0 Å². The van der Waals surface area contributed by atoms with E-state index in [-0.39, 0.29) is 0 Å². The first-order valence-corrected chi connectivity index (χ1v) is 7.13.